The fourth-order valence-electron chi connectivity index (χ4n) is 4.32. The second kappa shape index (κ2) is 6.88. The summed E-state index contributed by atoms with van der Waals surface area (Å²) in [6.07, 6.45) is 0.888. The Labute approximate surface area is 171 Å². The number of benzene rings is 1. The predicted molar refractivity (Wildman–Crippen MR) is 100.0 cm³/mol. The van der Waals surface area contributed by atoms with Crippen LogP contribution in [0.25, 0.3) is 0 Å². The Bertz CT molecular complexity index is 981. The van der Waals surface area contributed by atoms with Crippen LogP contribution in [0.2, 0.25) is 0 Å². The van der Waals surface area contributed by atoms with E-state index in [0.717, 1.165) is 18.7 Å². The zero-order chi connectivity index (χ0) is 21.8. The van der Waals surface area contributed by atoms with E-state index in [2.05, 4.69) is 0 Å². The van der Waals surface area contributed by atoms with Crippen LogP contribution in [-0.4, -0.2) is 47.5 Å². The minimum Gasteiger partial charge on any atom is -0.422 e. The van der Waals surface area contributed by atoms with Crippen LogP contribution in [0.3, 0.4) is 0 Å². The van der Waals surface area contributed by atoms with Crippen molar-refractivity contribution in [2.24, 2.45) is 11.8 Å². The lowest BCUT2D eigenvalue weighted by molar-refractivity contribution is -0.226. The van der Waals surface area contributed by atoms with Crippen molar-refractivity contribution < 1.29 is 38.2 Å². The molecule has 9 heteroatoms. The molecule has 0 unspecified atom stereocenters. The minimum absolute atomic E-state index is 0.141. The molecular formula is C21H19NO8. The monoisotopic (exact) mass is 413 g/mol. The fourth-order valence-corrected chi connectivity index (χ4v) is 4.32. The lowest BCUT2D eigenvalue weighted by Crippen LogP contribution is -2.52. The number of carbonyl (C=O) groups is 5. The number of nitrogens with zero attached hydrogens (tertiary/aromatic N) is 1. The Morgan fingerprint density at radius 1 is 1.00 bits per heavy atom. The number of anilines is 1. The van der Waals surface area contributed by atoms with Crippen molar-refractivity contribution in [2.75, 3.05) is 4.90 Å². The van der Waals surface area contributed by atoms with E-state index < -0.39 is 53.6 Å². The molecular weight excluding hydrogens is 394 g/mol. The number of hydrogen-bond acceptors (Lipinski definition) is 8. The van der Waals surface area contributed by atoms with Crippen LogP contribution in [0.4, 0.5) is 5.69 Å². The lowest BCUT2D eigenvalue weighted by atomic mass is 9.76. The standard InChI is InChI=1S/C21H19NO8/c1-10(23)13-4-6-14(7-5-13)22-18(26)16-15-8-9-21(30-15,17(16)19(22)27)20(28-11(2)24)29-12(3)25/h4-9,15-17,20H,1-3H3/t15-,16+,17-,21-/m1/s1. The molecule has 2 amide bonds. The van der Waals surface area contributed by atoms with Gasteiger partial charge in [0.2, 0.25) is 11.8 Å². The van der Waals surface area contributed by atoms with Crippen LogP contribution in [0.5, 0.6) is 0 Å². The van der Waals surface area contributed by atoms with Gasteiger partial charge in [-0.25, -0.2) is 4.90 Å². The third-order valence-electron chi connectivity index (χ3n) is 5.52. The van der Waals surface area contributed by atoms with Crippen LogP contribution in [0.15, 0.2) is 36.4 Å². The first-order valence-electron chi connectivity index (χ1n) is 9.36. The second-order valence-electron chi connectivity index (χ2n) is 7.46. The van der Waals surface area contributed by atoms with Crippen molar-refractivity contribution >= 4 is 35.2 Å². The molecule has 3 heterocycles. The van der Waals surface area contributed by atoms with Gasteiger partial charge in [0, 0.05) is 19.4 Å². The van der Waals surface area contributed by atoms with E-state index in [1.807, 2.05) is 0 Å². The lowest BCUT2D eigenvalue weighted by Gasteiger charge is -2.34. The molecule has 3 aliphatic heterocycles. The molecule has 0 aliphatic carbocycles. The molecule has 156 valence electrons. The third-order valence-corrected chi connectivity index (χ3v) is 5.52. The minimum atomic E-state index is -1.59. The van der Waals surface area contributed by atoms with Crippen molar-refractivity contribution in [3.63, 3.8) is 0 Å². The Balaban J connectivity index is 1.71. The van der Waals surface area contributed by atoms with Crippen molar-refractivity contribution in [2.45, 2.75) is 38.8 Å². The predicted octanol–water partition coefficient (Wildman–Crippen LogP) is 1.15. The Morgan fingerprint density at radius 2 is 1.60 bits per heavy atom. The van der Waals surface area contributed by atoms with Crippen molar-refractivity contribution in [3.8, 4) is 0 Å². The van der Waals surface area contributed by atoms with Gasteiger partial charge in [0.15, 0.2) is 11.4 Å². The summed E-state index contributed by atoms with van der Waals surface area (Å²) >= 11 is 0. The first kappa shape index (κ1) is 20.0. The number of hydrogen-bond donors (Lipinski definition) is 0. The largest absolute Gasteiger partial charge is 0.422 e. The SMILES string of the molecule is CC(=O)OC(OC(C)=O)[C@]12C=C[C@@H](O1)[C@@H]1C(=O)N(c3ccc(C(C)=O)cc3)C(=O)[C@@H]12. The molecule has 0 spiro atoms. The van der Waals surface area contributed by atoms with Gasteiger partial charge in [-0.1, -0.05) is 6.08 Å². The molecule has 1 aromatic carbocycles. The fraction of sp³-hybridized carbons (Fsp3) is 0.381. The second-order valence-corrected chi connectivity index (χ2v) is 7.46. The van der Waals surface area contributed by atoms with E-state index in [9.17, 15) is 24.0 Å². The van der Waals surface area contributed by atoms with Gasteiger partial charge in [-0.15, -0.1) is 0 Å². The number of imide groups is 1. The number of fused-ring (bicyclic) bond motifs is 5. The zero-order valence-corrected chi connectivity index (χ0v) is 16.5. The van der Waals surface area contributed by atoms with E-state index in [-0.39, 0.29) is 5.78 Å². The molecule has 30 heavy (non-hydrogen) atoms. The maximum Gasteiger partial charge on any atom is 0.305 e. The van der Waals surface area contributed by atoms with Gasteiger partial charge in [0.05, 0.1) is 23.6 Å². The average molecular weight is 413 g/mol. The molecule has 2 saturated heterocycles. The van der Waals surface area contributed by atoms with E-state index in [4.69, 9.17) is 14.2 Å². The van der Waals surface area contributed by atoms with Gasteiger partial charge in [-0.2, -0.15) is 0 Å². The normalized spacial score (nSPS) is 28.8. The highest BCUT2D eigenvalue weighted by molar-refractivity contribution is 6.23. The van der Waals surface area contributed by atoms with Crippen LogP contribution in [0.1, 0.15) is 31.1 Å². The maximum atomic E-state index is 13.3. The molecule has 2 bridgehead atoms. The summed E-state index contributed by atoms with van der Waals surface area (Å²) in [5, 5.41) is 0. The summed E-state index contributed by atoms with van der Waals surface area (Å²) in [6, 6.07) is 6.11. The highest BCUT2D eigenvalue weighted by Gasteiger charge is 2.72. The smallest absolute Gasteiger partial charge is 0.305 e. The van der Waals surface area contributed by atoms with E-state index in [0.29, 0.717) is 11.3 Å². The van der Waals surface area contributed by atoms with E-state index in [1.165, 1.54) is 37.3 Å². The number of ketones is 1. The van der Waals surface area contributed by atoms with Gasteiger partial charge in [-0.05, 0) is 37.3 Å². The number of Topliss-reactive ketones (excluding diaryl/α,β-unsaturated/α-hetero) is 1. The van der Waals surface area contributed by atoms with Gasteiger partial charge < -0.3 is 14.2 Å². The first-order chi connectivity index (χ1) is 14.2. The van der Waals surface area contributed by atoms with Gasteiger partial charge in [0.25, 0.3) is 6.29 Å². The Hall–Kier alpha value is -3.33. The molecule has 4 atom stereocenters. The third kappa shape index (κ3) is 2.85. The molecule has 3 aliphatic rings. The van der Waals surface area contributed by atoms with Crippen LogP contribution in [0, 0.1) is 11.8 Å². The summed E-state index contributed by atoms with van der Waals surface area (Å²) in [5.74, 6) is -4.50. The first-order valence-corrected chi connectivity index (χ1v) is 9.36. The van der Waals surface area contributed by atoms with Gasteiger partial charge in [-0.3, -0.25) is 24.0 Å². The van der Waals surface area contributed by atoms with E-state index >= 15 is 0 Å². The zero-order valence-electron chi connectivity index (χ0n) is 16.5. The molecule has 4 rings (SSSR count). The van der Waals surface area contributed by atoms with Crippen LogP contribution < -0.4 is 4.90 Å². The summed E-state index contributed by atoms with van der Waals surface area (Å²) in [6.45, 7) is 3.70. The van der Waals surface area contributed by atoms with Crippen molar-refractivity contribution in [3.05, 3.63) is 42.0 Å². The molecule has 1 aromatic rings. The number of amides is 2. The quantitative estimate of drug-likeness (QED) is 0.232. The van der Waals surface area contributed by atoms with Crippen LogP contribution >= 0.6 is 0 Å². The Kier molecular flexibility index (Phi) is 4.58. The summed E-state index contributed by atoms with van der Waals surface area (Å²) in [5.41, 5.74) is -0.826. The highest BCUT2D eigenvalue weighted by atomic mass is 16.7. The average Bonchev–Trinajstić information content (AvgIpc) is 3.32. The van der Waals surface area contributed by atoms with Gasteiger partial charge >= 0.3 is 11.9 Å². The Morgan fingerprint density at radius 3 is 2.13 bits per heavy atom. The maximum absolute atomic E-state index is 13.3. The summed E-state index contributed by atoms with van der Waals surface area (Å²) < 4.78 is 16.2. The van der Waals surface area contributed by atoms with Gasteiger partial charge in [0.1, 0.15) is 0 Å². The molecule has 2 fully saturated rings. The topological polar surface area (TPSA) is 116 Å². The van der Waals surface area contributed by atoms with E-state index in [1.54, 1.807) is 6.08 Å². The number of ether oxygens (including phenoxy) is 3. The van der Waals surface area contributed by atoms with Crippen LogP contribution in [-0.2, 0) is 33.4 Å². The molecule has 0 saturated carbocycles. The molecule has 9 nitrogen and oxygen atoms in total. The molecule has 0 radical (unpaired) electrons. The molecule has 0 N–H and O–H groups in total. The molecule has 0 aromatic heterocycles. The highest BCUT2D eigenvalue weighted by Crippen LogP contribution is 2.54. The van der Waals surface area contributed by atoms with Crippen molar-refractivity contribution in [1.82, 2.24) is 0 Å². The van der Waals surface area contributed by atoms with Crippen molar-refractivity contribution in [1.29, 1.82) is 0 Å². The number of rotatable bonds is 5. The summed E-state index contributed by atoms with van der Waals surface area (Å²) in [7, 11) is 0. The summed E-state index contributed by atoms with van der Waals surface area (Å²) in [4.78, 5) is 62.2. The number of esters is 2. The number of carbonyl (C=O) groups excluding carboxylic acids is 5.